The summed E-state index contributed by atoms with van der Waals surface area (Å²) in [5.74, 6) is 2.04. The highest BCUT2D eigenvalue weighted by Crippen LogP contribution is 2.45. The van der Waals surface area contributed by atoms with E-state index < -0.39 is 0 Å². The zero-order chi connectivity index (χ0) is 19.7. The molecule has 2 heterocycles. The number of hydrogen-bond donors (Lipinski definition) is 2. The molecule has 9 nitrogen and oxygen atoms in total. The van der Waals surface area contributed by atoms with E-state index in [1.165, 1.54) is 6.92 Å². The predicted molar refractivity (Wildman–Crippen MR) is 101 cm³/mol. The summed E-state index contributed by atoms with van der Waals surface area (Å²) in [7, 11) is 3.11. The second-order valence-electron chi connectivity index (χ2n) is 6.03. The number of rotatable bonds is 5. The third-order valence-electron chi connectivity index (χ3n) is 4.26. The molecular weight excluding hydrogens is 364 g/mol. The van der Waals surface area contributed by atoms with Crippen LogP contribution >= 0.6 is 0 Å². The minimum absolute atomic E-state index is 0.138. The average Bonchev–Trinajstić information content (AvgIpc) is 3.35. The molecule has 9 heteroatoms. The molecular formula is C19H18N4O5. The molecule has 1 aliphatic rings. The van der Waals surface area contributed by atoms with Crippen LogP contribution in [0.5, 0.6) is 23.0 Å². The van der Waals surface area contributed by atoms with Crippen molar-refractivity contribution in [2.75, 3.05) is 26.3 Å². The highest BCUT2D eigenvalue weighted by molar-refractivity contribution is 5.92. The molecule has 3 aromatic rings. The Balaban J connectivity index is 1.80. The van der Waals surface area contributed by atoms with Crippen LogP contribution in [0.4, 0.5) is 5.69 Å². The number of H-pyrrole nitrogens is 1. The van der Waals surface area contributed by atoms with Gasteiger partial charge in [-0.15, -0.1) is 0 Å². The van der Waals surface area contributed by atoms with Crippen molar-refractivity contribution in [3.8, 4) is 45.5 Å². The zero-order valence-corrected chi connectivity index (χ0v) is 15.5. The first-order valence-corrected chi connectivity index (χ1v) is 8.45. The van der Waals surface area contributed by atoms with Crippen LogP contribution in [-0.4, -0.2) is 42.3 Å². The van der Waals surface area contributed by atoms with Gasteiger partial charge in [-0.1, -0.05) is 0 Å². The molecule has 4 rings (SSSR count). The SMILES string of the molecule is COc1ccc(-c2n[nH]nc2-c2cc(OC)c3c(c2)OCO3)cc1NC(C)=O. The molecule has 28 heavy (non-hydrogen) atoms. The summed E-state index contributed by atoms with van der Waals surface area (Å²) in [5, 5.41) is 14.0. The Labute approximate surface area is 160 Å². The number of anilines is 1. The summed E-state index contributed by atoms with van der Waals surface area (Å²) in [6, 6.07) is 9.03. The van der Waals surface area contributed by atoms with Crippen molar-refractivity contribution < 1.29 is 23.7 Å². The molecule has 2 N–H and O–H groups in total. The molecule has 0 atom stereocenters. The van der Waals surface area contributed by atoms with Gasteiger partial charge in [0, 0.05) is 18.1 Å². The third-order valence-corrected chi connectivity index (χ3v) is 4.26. The fraction of sp³-hybridized carbons (Fsp3) is 0.211. The second-order valence-corrected chi connectivity index (χ2v) is 6.03. The lowest BCUT2D eigenvalue weighted by molar-refractivity contribution is -0.114. The number of nitrogens with zero attached hydrogens (tertiary/aromatic N) is 2. The number of nitrogens with one attached hydrogen (secondary N) is 2. The minimum Gasteiger partial charge on any atom is -0.495 e. The lowest BCUT2D eigenvalue weighted by atomic mass is 10.0. The fourth-order valence-electron chi connectivity index (χ4n) is 3.04. The van der Waals surface area contributed by atoms with Gasteiger partial charge in [0.25, 0.3) is 0 Å². The van der Waals surface area contributed by atoms with E-state index in [9.17, 15) is 4.79 Å². The molecule has 0 bridgehead atoms. The summed E-state index contributed by atoms with van der Waals surface area (Å²) in [5.41, 5.74) is 3.27. The van der Waals surface area contributed by atoms with E-state index >= 15 is 0 Å². The first kappa shape index (κ1) is 17.7. The van der Waals surface area contributed by atoms with Crippen LogP contribution in [0.3, 0.4) is 0 Å². The minimum atomic E-state index is -0.198. The average molecular weight is 382 g/mol. The first-order valence-electron chi connectivity index (χ1n) is 8.45. The van der Waals surface area contributed by atoms with Crippen LogP contribution in [-0.2, 0) is 4.79 Å². The largest absolute Gasteiger partial charge is 0.495 e. The standard InChI is InChI=1S/C19H18N4O5/c1-10(24)20-13-6-11(4-5-14(13)25-2)17-18(22-23-21-17)12-7-15(26-3)19-16(8-12)27-9-28-19/h4-8H,9H2,1-3H3,(H,20,24)(H,21,22,23). The van der Waals surface area contributed by atoms with E-state index in [1.807, 2.05) is 18.2 Å². The number of fused-ring (bicyclic) bond motifs is 1. The van der Waals surface area contributed by atoms with Crippen molar-refractivity contribution in [2.45, 2.75) is 6.92 Å². The highest BCUT2D eigenvalue weighted by atomic mass is 16.7. The van der Waals surface area contributed by atoms with Crippen molar-refractivity contribution in [3.05, 3.63) is 30.3 Å². The maximum absolute atomic E-state index is 11.5. The number of ether oxygens (including phenoxy) is 4. The zero-order valence-electron chi connectivity index (χ0n) is 15.5. The Morgan fingerprint density at radius 3 is 2.50 bits per heavy atom. The molecule has 0 aliphatic carbocycles. The van der Waals surface area contributed by atoms with Crippen LogP contribution < -0.4 is 24.3 Å². The number of aromatic nitrogens is 3. The van der Waals surface area contributed by atoms with Gasteiger partial charge < -0.3 is 24.3 Å². The van der Waals surface area contributed by atoms with Crippen LogP contribution in [0.2, 0.25) is 0 Å². The maximum atomic E-state index is 11.5. The first-order chi connectivity index (χ1) is 13.6. The number of aromatic amines is 1. The van der Waals surface area contributed by atoms with Crippen molar-refractivity contribution >= 4 is 11.6 Å². The van der Waals surface area contributed by atoms with Crippen LogP contribution in [0.25, 0.3) is 22.5 Å². The number of methoxy groups -OCH3 is 2. The Hall–Kier alpha value is -3.75. The molecule has 0 unspecified atom stereocenters. The van der Waals surface area contributed by atoms with E-state index in [2.05, 4.69) is 20.7 Å². The van der Waals surface area contributed by atoms with Gasteiger partial charge in [0.15, 0.2) is 11.5 Å². The molecule has 1 amide bonds. The van der Waals surface area contributed by atoms with Gasteiger partial charge in [-0.2, -0.15) is 15.4 Å². The highest BCUT2D eigenvalue weighted by Gasteiger charge is 2.23. The smallest absolute Gasteiger partial charge is 0.231 e. The topological polar surface area (TPSA) is 108 Å². The van der Waals surface area contributed by atoms with E-state index in [1.54, 1.807) is 26.4 Å². The number of carbonyl (C=O) groups is 1. The van der Waals surface area contributed by atoms with E-state index in [-0.39, 0.29) is 12.7 Å². The Morgan fingerprint density at radius 2 is 1.79 bits per heavy atom. The summed E-state index contributed by atoms with van der Waals surface area (Å²) in [6.45, 7) is 1.58. The van der Waals surface area contributed by atoms with Crippen molar-refractivity contribution in [1.82, 2.24) is 15.4 Å². The van der Waals surface area contributed by atoms with Crippen LogP contribution in [0.1, 0.15) is 6.92 Å². The van der Waals surface area contributed by atoms with E-state index in [0.717, 1.165) is 11.1 Å². The van der Waals surface area contributed by atoms with Gasteiger partial charge in [0.2, 0.25) is 18.4 Å². The molecule has 1 aromatic heterocycles. The summed E-state index contributed by atoms with van der Waals surface area (Å²) in [6.07, 6.45) is 0. The number of carbonyl (C=O) groups excluding carboxylic acids is 1. The lowest BCUT2D eigenvalue weighted by Crippen LogP contribution is -2.07. The van der Waals surface area contributed by atoms with Gasteiger partial charge in [-0.05, 0) is 30.3 Å². The number of hydrogen-bond acceptors (Lipinski definition) is 7. The summed E-state index contributed by atoms with van der Waals surface area (Å²) in [4.78, 5) is 11.5. The van der Waals surface area contributed by atoms with Crippen molar-refractivity contribution in [1.29, 1.82) is 0 Å². The summed E-state index contributed by atoms with van der Waals surface area (Å²) < 4.78 is 21.7. The van der Waals surface area contributed by atoms with E-state index in [4.69, 9.17) is 18.9 Å². The van der Waals surface area contributed by atoms with Gasteiger partial charge in [-0.3, -0.25) is 4.79 Å². The Bertz CT molecular complexity index is 1050. The van der Waals surface area contributed by atoms with Crippen molar-refractivity contribution in [3.63, 3.8) is 0 Å². The molecule has 2 aromatic carbocycles. The molecule has 1 aliphatic heterocycles. The Kier molecular flexibility index (Phi) is 4.48. The molecule has 0 fully saturated rings. The normalized spacial score (nSPS) is 12.0. The molecule has 0 saturated carbocycles. The van der Waals surface area contributed by atoms with Crippen molar-refractivity contribution in [2.24, 2.45) is 0 Å². The van der Waals surface area contributed by atoms with Gasteiger partial charge in [-0.25, -0.2) is 0 Å². The van der Waals surface area contributed by atoms with Crippen LogP contribution in [0, 0.1) is 0 Å². The van der Waals surface area contributed by atoms with Gasteiger partial charge >= 0.3 is 0 Å². The molecule has 144 valence electrons. The van der Waals surface area contributed by atoms with Crippen LogP contribution in [0.15, 0.2) is 30.3 Å². The molecule has 0 saturated heterocycles. The Morgan fingerprint density at radius 1 is 1.04 bits per heavy atom. The fourth-order valence-corrected chi connectivity index (χ4v) is 3.04. The van der Waals surface area contributed by atoms with Gasteiger partial charge in [0.05, 0.1) is 19.9 Å². The monoisotopic (exact) mass is 382 g/mol. The van der Waals surface area contributed by atoms with E-state index in [0.29, 0.717) is 40.1 Å². The second kappa shape index (κ2) is 7.10. The predicted octanol–water partition coefficient (Wildman–Crippen LogP) is 2.84. The summed E-state index contributed by atoms with van der Waals surface area (Å²) >= 11 is 0. The third kappa shape index (κ3) is 3.07. The molecule has 0 radical (unpaired) electrons. The number of amides is 1. The number of benzene rings is 2. The lowest BCUT2D eigenvalue weighted by Gasteiger charge is -2.11. The van der Waals surface area contributed by atoms with Gasteiger partial charge in [0.1, 0.15) is 17.1 Å². The molecule has 0 spiro atoms. The maximum Gasteiger partial charge on any atom is 0.231 e. The quantitative estimate of drug-likeness (QED) is 0.698.